The molecule has 6 nitrogen and oxygen atoms in total. The number of carbonyl (C=O) groups is 1. The smallest absolute Gasteiger partial charge is 0.248 e. The number of carbonyl (C=O) groups excluding carboxylic acids is 1. The van der Waals surface area contributed by atoms with Gasteiger partial charge in [0, 0.05) is 24.0 Å². The van der Waals surface area contributed by atoms with Gasteiger partial charge in [0.05, 0.1) is 16.7 Å². The lowest BCUT2D eigenvalue weighted by atomic mass is 10.2. The minimum atomic E-state index is -3.64. The Morgan fingerprint density at radius 1 is 1.25 bits per heavy atom. The standard InChI is InChI=1S/C20H26N2O4S2/c1-5-22(6-2)28(24,25)17-10-11-19(26-15(3)4)18(14-17)21-20(23)12-9-16-8-7-13-27-16/h7-15H,5-6H2,1-4H3,(H,21,23). The van der Waals surface area contributed by atoms with Crippen LogP contribution in [0.25, 0.3) is 6.08 Å². The number of hydrogen-bond donors (Lipinski definition) is 1. The average Bonchev–Trinajstić information content (AvgIpc) is 3.15. The van der Waals surface area contributed by atoms with Crippen molar-refractivity contribution in [1.29, 1.82) is 0 Å². The Balaban J connectivity index is 2.34. The van der Waals surface area contributed by atoms with E-state index in [1.165, 1.54) is 33.9 Å². The Morgan fingerprint density at radius 3 is 2.54 bits per heavy atom. The number of ether oxygens (including phenoxy) is 1. The first-order chi connectivity index (χ1) is 13.3. The van der Waals surface area contributed by atoms with Crippen LogP contribution in [-0.4, -0.2) is 37.8 Å². The molecule has 0 aliphatic carbocycles. The molecule has 2 aromatic rings. The van der Waals surface area contributed by atoms with Crippen molar-refractivity contribution in [2.75, 3.05) is 18.4 Å². The van der Waals surface area contributed by atoms with Crippen LogP contribution in [0.4, 0.5) is 5.69 Å². The topological polar surface area (TPSA) is 75.7 Å². The van der Waals surface area contributed by atoms with Gasteiger partial charge in [0.2, 0.25) is 15.9 Å². The fraction of sp³-hybridized carbons (Fsp3) is 0.350. The summed E-state index contributed by atoms with van der Waals surface area (Å²) in [5.74, 6) is 0.0609. The maximum Gasteiger partial charge on any atom is 0.248 e. The molecule has 0 spiro atoms. The highest BCUT2D eigenvalue weighted by Gasteiger charge is 2.23. The number of thiophene rings is 1. The first kappa shape index (κ1) is 22.1. The van der Waals surface area contributed by atoms with Gasteiger partial charge in [0.15, 0.2) is 0 Å². The zero-order chi connectivity index (χ0) is 20.7. The lowest BCUT2D eigenvalue weighted by molar-refractivity contribution is -0.111. The molecule has 0 radical (unpaired) electrons. The minimum Gasteiger partial charge on any atom is -0.489 e. The second-order valence-electron chi connectivity index (χ2n) is 6.25. The number of benzene rings is 1. The second kappa shape index (κ2) is 9.86. The first-order valence-electron chi connectivity index (χ1n) is 9.11. The lowest BCUT2D eigenvalue weighted by Gasteiger charge is -2.20. The summed E-state index contributed by atoms with van der Waals surface area (Å²) < 4.78 is 32.7. The summed E-state index contributed by atoms with van der Waals surface area (Å²) in [6.07, 6.45) is 3.00. The molecule has 152 valence electrons. The highest BCUT2D eigenvalue weighted by molar-refractivity contribution is 7.89. The van der Waals surface area contributed by atoms with Gasteiger partial charge in [-0.1, -0.05) is 19.9 Å². The molecule has 0 saturated carbocycles. The van der Waals surface area contributed by atoms with Crippen LogP contribution in [0.5, 0.6) is 5.75 Å². The average molecular weight is 423 g/mol. The fourth-order valence-corrected chi connectivity index (χ4v) is 4.66. The molecular weight excluding hydrogens is 396 g/mol. The fourth-order valence-electron chi connectivity index (χ4n) is 2.55. The highest BCUT2D eigenvalue weighted by atomic mass is 32.2. The van der Waals surface area contributed by atoms with Crippen LogP contribution in [0, 0.1) is 0 Å². The zero-order valence-electron chi connectivity index (χ0n) is 16.5. The van der Waals surface area contributed by atoms with Crippen molar-refractivity contribution < 1.29 is 17.9 Å². The summed E-state index contributed by atoms with van der Waals surface area (Å²) in [5, 5.41) is 4.66. The summed E-state index contributed by atoms with van der Waals surface area (Å²) in [6, 6.07) is 8.33. The zero-order valence-corrected chi connectivity index (χ0v) is 18.1. The van der Waals surface area contributed by atoms with Crippen LogP contribution in [0.1, 0.15) is 32.6 Å². The van der Waals surface area contributed by atoms with E-state index in [4.69, 9.17) is 4.74 Å². The third-order valence-electron chi connectivity index (χ3n) is 3.86. The summed E-state index contributed by atoms with van der Waals surface area (Å²) in [6.45, 7) is 8.04. The molecule has 0 atom stereocenters. The molecule has 0 aliphatic rings. The number of nitrogens with zero attached hydrogens (tertiary/aromatic N) is 1. The molecule has 1 amide bonds. The van der Waals surface area contributed by atoms with E-state index in [1.54, 1.807) is 26.0 Å². The molecule has 0 saturated heterocycles. The van der Waals surface area contributed by atoms with Crippen molar-refractivity contribution >= 4 is 39.0 Å². The first-order valence-corrected chi connectivity index (χ1v) is 11.4. The molecule has 8 heteroatoms. The van der Waals surface area contributed by atoms with Crippen molar-refractivity contribution in [1.82, 2.24) is 4.31 Å². The molecule has 1 N–H and O–H groups in total. The highest BCUT2D eigenvalue weighted by Crippen LogP contribution is 2.30. The normalized spacial score (nSPS) is 12.1. The quantitative estimate of drug-likeness (QED) is 0.614. The Morgan fingerprint density at radius 2 is 1.96 bits per heavy atom. The number of sulfonamides is 1. The molecular formula is C20H26N2O4S2. The second-order valence-corrected chi connectivity index (χ2v) is 9.17. The van der Waals surface area contributed by atoms with Crippen LogP contribution in [-0.2, 0) is 14.8 Å². The Hall–Kier alpha value is -2.16. The Labute approximate surface area is 170 Å². The summed E-state index contributed by atoms with van der Waals surface area (Å²) in [7, 11) is -3.64. The molecule has 1 heterocycles. The van der Waals surface area contributed by atoms with Gasteiger partial charge in [0.25, 0.3) is 0 Å². The summed E-state index contributed by atoms with van der Waals surface area (Å²) in [4.78, 5) is 13.4. The van der Waals surface area contributed by atoms with Crippen molar-refractivity contribution in [3.8, 4) is 5.75 Å². The minimum absolute atomic E-state index is 0.116. The molecule has 1 aromatic carbocycles. The van der Waals surface area contributed by atoms with E-state index in [0.717, 1.165) is 4.88 Å². The van der Waals surface area contributed by atoms with E-state index in [1.807, 2.05) is 31.4 Å². The van der Waals surface area contributed by atoms with Gasteiger partial charge in [-0.2, -0.15) is 4.31 Å². The van der Waals surface area contributed by atoms with E-state index in [2.05, 4.69) is 5.32 Å². The van der Waals surface area contributed by atoms with E-state index in [9.17, 15) is 13.2 Å². The van der Waals surface area contributed by atoms with Crippen molar-refractivity contribution in [3.05, 3.63) is 46.7 Å². The molecule has 1 aromatic heterocycles. The number of nitrogens with one attached hydrogen (secondary N) is 1. The maximum atomic E-state index is 12.8. The monoisotopic (exact) mass is 422 g/mol. The van der Waals surface area contributed by atoms with Gasteiger partial charge >= 0.3 is 0 Å². The molecule has 0 unspecified atom stereocenters. The van der Waals surface area contributed by atoms with Gasteiger partial charge in [-0.25, -0.2) is 8.42 Å². The van der Waals surface area contributed by atoms with Crippen molar-refractivity contribution in [3.63, 3.8) is 0 Å². The van der Waals surface area contributed by atoms with Gasteiger partial charge < -0.3 is 10.1 Å². The number of rotatable bonds is 9. The molecule has 0 aliphatic heterocycles. The number of anilines is 1. The maximum absolute atomic E-state index is 12.8. The summed E-state index contributed by atoms with van der Waals surface area (Å²) >= 11 is 1.52. The van der Waals surface area contributed by atoms with Gasteiger partial charge in [-0.05, 0) is 49.6 Å². The molecule has 0 bridgehead atoms. The number of amides is 1. The third-order valence-corrected chi connectivity index (χ3v) is 6.74. The Kier molecular flexibility index (Phi) is 7.79. The van der Waals surface area contributed by atoms with Crippen molar-refractivity contribution in [2.45, 2.75) is 38.7 Å². The predicted octanol–water partition coefficient (Wildman–Crippen LogP) is 4.22. The van der Waals surface area contributed by atoms with Crippen LogP contribution >= 0.6 is 11.3 Å². The van der Waals surface area contributed by atoms with E-state index >= 15 is 0 Å². The van der Waals surface area contributed by atoms with E-state index in [0.29, 0.717) is 24.5 Å². The largest absolute Gasteiger partial charge is 0.489 e. The van der Waals surface area contributed by atoms with Gasteiger partial charge in [0.1, 0.15) is 5.75 Å². The molecule has 28 heavy (non-hydrogen) atoms. The van der Waals surface area contributed by atoms with Crippen LogP contribution in [0.2, 0.25) is 0 Å². The molecule has 0 fully saturated rings. The van der Waals surface area contributed by atoms with Crippen LogP contribution in [0.15, 0.2) is 46.7 Å². The van der Waals surface area contributed by atoms with Gasteiger partial charge in [-0.15, -0.1) is 11.3 Å². The third kappa shape index (κ3) is 5.67. The molecule has 2 rings (SSSR count). The van der Waals surface area contributed by atoms with E-state index in [-0.39, 0.29) is 16.9 Å². The van der Waals surface area contributed by atoms with Crippen LogP contribution in [0.3, 0.4) is 0 Å². The lowest BCUT2D eigenvalue weighted by Crippen LogP contribution is -2.30. The van der Waals surface area contributed by atoms with Crippen LogP contribution < -0.4 is 10.1 Å². The van der Waals surface area contributed by atoms with Crippen molar-refractivity contribution in [2.24, 2.45) is 0 Å². The SMILES string of the molecule is CCN(CC)S(=O)(=O)c1ccc(OC(C)C)c(NC(=O)C=Cc2cccs2)c1. The van der Waals surface area contributed by atoms with E-state index < -0.39 is 10.0 Å². The van der Waals surface area contributed by atoms with Gasteiger partial charge in [-0.3, -0.25) is 4.79 Å². The Bertz CT molecular complexity index is 916. The number of hydrogen-bond acceptors (Lipinski definition) is 5. The summed E-state index contributed by atoms with van der Waals surface area (Å²) in [5.41, 5.74) is 0.322. The predicted molar refractivity (Wildman–Crippen MR) is 114 cm³/mol.